The maximum absolute atomic E-state index is 5.51. The molecule has 2 N–H and O–H groups in total. The highest BCUT2D eigenvalue weighted by molar-refractivity contribution is 14.0. The van der Waals surface area contributed by atoms with E-state index in [1.807, 2.05) is 19.2 Å². The first-order valence-corrected chi connectivity index (χ1v) is 9.71. The van der Waals surface area contributed by atoms with Crippen LogP contribution in [-0.4, -0.2) is 45.3 Å². The molecule has 3 atom stereocenters. The smallest absolute Gasteiger partial charge is 0.191 e. The molecule has 3 unspecified atom stereocenters. The van der Waals surface area contributed by atoms with Gasteiger partial charge in [-0.2, -0.15) is 0 Å². The molecule has 1 aliphatic heterocycles. The van der Waals surface area contributed by atoms with Crippen molar-refractivity contribution in [3.63, 3.8) is 0 Å². The van der Waals surface area contributed by atoms with Gasteiger partial charge in [-0.15, -0.1) is 24.0 Å². The van der Waals surface area contributed by atoms with E-state index >= 15 is 0 Å². The molecule has 150 valence electrons. The molecule has 2 aliphatic rings. The van der Waals surface area contributed by atoms with Crippen LogP contribution in [0, 0.1) is 0 Å². The maximum Gasteiger partial charge on any atom is 0.191 e. The van der Waals surface area contributed by atoms with Crippen LogP contribution in [0.4, 0.5) is 5.69 Å². The second-order valence-corrected chi connectivity index (χ2v) is 7.32. The van der Waals surface area contributed by atoms with Crippen molar-refractivity contribution in [3.8, 4) is 5.75 Å². The predicted molar refractivity (Wildman–Crippen MR) is 126 cm³/mol. The monoisotopic (exact) mass is 492 g/mol. The van der Waals surface area contributed by atoms with Crippen molar-refractivity contribution in [1.29, 1.82) is 0 Å². The fourth-order valence-electron chi connectivity index (χ4n) is 3.95. The number of halogens is 1. The van der Waals surface area contributed by atoms with E-state index in [2.05, 4.69) is 63.0 Å². The fourth-order valence-corrected chi connectivity index (χ4v) is 3.95. The van der Waals surface area contributed by atoms with E-state index in [9.17, 15) is 0 Å². The van der Waals surface area contributed by atoms with E-state index < -0.39 is 0 Å². The van der Waals surface area contributed by atoms with Crippen LogP contribution in [0.3, 0.4) is 0 Å². The molecular weight excluding hydrogens is 463 g/mol. The number of anilines is 1. The van der Waals surface area contributed by atoms with Crippen LogP contribution in [0.5, 0.6) is 5.75 Å². The van der Waals surface area contributed by atoms with Gasteiger partial charge in [-0.1, -0.05) is 42.5 Å². The first kappa shape index (κ1) is 20.8. The van der Waals surface area contributed by atoms with Crippen LogP contribution >= 0.6 is 24.0 Å². The molecule has 0 bridgehead atoms. The van der Waals surface area contributed by atoms with Gasteiger partial charge in [0, 0.05) is 38.1 Å². The Bertz CT molecular complexity index is 798. The second-order valence-electron chi connectivity index (χ2n) is 7.32. The number of para-hydroxylation sites is 2. The molecule has 0 radical (unpaired) electrons. The lowest BCUT2D eigenvalue weighted by atomic mass is 10.1. The molecule has 5 nitrogen and oxygen atoms in total. The lowest BCUT2D eigenvalue weighted by Crippen LogP contribution is -2.45. The molecule has 6 heteroatoms. The molecule has 2 aromatic carbocycles. The Labute approximate surface area is 184 Å². The molecule has 2 fully saturated rings. The number of ether oxygens (including phenoxy) is 1. The molecule has 1 saturated carbocycles. The topological polar surface area (TPSA) is 48.9 Å². The summed E-state index contributed by atoms with van der Waals surface area (Å²) in [6, 6.07) is 19.8. The van der Waals surface area contributed by atoms with Gasteiger partial charge in [0.05, 0.1) is 12.8 Å². The third-order valence-electron chi connectivity index (χ3n) is 5.52. The number of hydrogen-bond donors (Lipinski definition) is 2. The number of benzene rings is 2. The number of methoxy groups -OCH3 is 1. The molecule has 1 aliphatic carbocycles. The zero-order valence-electron chi connectivity index (χ0n) is 16.5. The first-order valence-electron chi connectivity index (χ1n) is 9.71. The van der Waals surface area contributed by atoms with Crippen molar-refractivity contribution in [2.45, 2.75) is 30.8 Å². The highest BCUT2D eigenvalue weighted by Crippen LogP contribution is 2.40. The summed E-state index contributed by atoms with van der Waals surface area (Å²) in [5.41, 5.74) is 2.58. The summed E-state index contributed by atoms with van der Waals surface area (Å²) in [7, 11) is 3.58. The Morgan fingerprint density at radius 3 is 2.57 bits per heavy atom. The number of nitrogens with zero attached hydrogens (tertiary/aromatic N) is 2. The Morgan fingerprint density at radius 2 is 1.82 bits per heavy atom. The highest BCUT2D eigenvalue weighted by atomic mass is 127. The summed E-state index contributed by atoms with van der Waals surface area (Å²) in [6.45, 7) is 1.97. The normalized spacial score (nSPS) is 23.7. The van der Waals surface area contributed by atoms with Crippen molar-refractivity contribution < 1.29 is 4.74 Å². The second kappa shape index (κ2) is 9.49. The van der Waals surface area contributed by atoms with Crippen LogP contribution in [-0.2, 0) is 0 Å². The van der Waals surface area contributed by atoms with Gasteiger partial charge in [0.2, 0.25) is 0 Å². The van der Waals surface area contributed by atoms with Crippen molar-refractivity contribution in [2.75, 3.05) is 32.1 Å². The summed E-state index contributed by atoms with van der Waals surface area (Å²) in [4.78, 5) is 6.83. The third kappa shape index (κ3) is 4.71. The molecule has 0 aromatic heterocycles. The quantitative estimate of drug-likeness (QED) is 0.381. The number of nitrogens with one attached hydrogen (secondary N) is 2. The molecule has 1 heterocycles. The minimum absolute atomic E-state index is 0. The summed E-state index contributed by atoms with van der Waals surface area (Å²) in [6.07, 6.45) is 2.26. The summed E-state index contributed by atoms with van der Waals surface area (Å²) < 4.78 is 5.51. The van der Waals surface area contributed by atoms with E-state index in [0.29, 0.717) is 18.0 Å². The zero-order chi connectivity index (χ0) is 18.6. The van der Waals surface area contributed by atoms with Crippen LogP contribution in [0.25, 0.3) is 0 Å². The van der Waals surface area contributed by atoms with E-state index in [1.165, 1.54) is 17.7 Å². The summed E-state index contributed by atoms with van der Waals surface area (Å²) in [5.74, 6) is 2.44. The number of aliphatic imine (C=N–C) groups is 1. The van der Waals surface area contributed by atoms with E-state index in [-0.39, 0.29) is 24.0 Å². The number of rotatable bonds is 5. The van der Waals surface area contributed by atoms with Gasteiger partial charge in [-0.05, 0) is 30.5 Å². The Morgan fingerprint density at radius 1 is 1.07 bits per heavy atom. The van der Waals surface area contributed by atoms with Crippen LogP contribution in [0.1, 0.15) is 24.3 Å². The first-order chi connectivity index (χ1) is 13.3. The third-order valence-corrected chi connectivity index (χ3v) is 5.52. The van der Waals surface area contributed by atoms with Crippen LogP contribution in [0.15, 0.2) is 59.6 Å². The summed E-state index contributed by atoms with van der Waals surface area (Å²) in [5, 5.41) is 7.19. The largest absolute Gasteiger partial charge is 0.495 e. The van der Waals surface area contributed by atoms with E-state index in [0.717, 1.165) is 31.2 Å². The van der Waals surface area contributed by atoms with Gasteiger partial charge in [0.25, 0.3) is 0 Å². The van der Waals surface area contributed by atoms with Crippen LogP contribution in [0.2, 0.25) is 0 Å². The van der Waals surface area contributed by atoms with Gasteiger partial charge in [-0.3, -0.25) is 4.99 Å². The van der Waals surface area contributed by atoms with Crippen molar-refractivity contribution in [1.82, 2.24) is 10.6 Å². The fraction of sp³-hybridized carbons (Fsp3) is 0.409. The molecule has 0 spiro atoms. The maximum atomic E-state index is 5.51. The van der Waals surface area contributed by atoms with Gasteiger partial charge < -0.3 is 20.3 Å². The minimum atomic E-state index is 0. The van der Waals surface area contributed by atoms with Gasteiger partial charge in [-0.25, -0.2) is 0 Å². The molecule has 0 amide bonds. The molecule has 1 saturated heterocycles. The average Bonchev–Trinajstić information content (AvgIpc) is 3.34. The van der Waals surface area contributed by atoms with Gasteiger partial charge >= 0.3 is 0 Å². The average molecular weight is 492 g/mol. The van der Waals surface area contributed by atoms with Gasteiger partial charge in [0.15, 0.2) is 5.96 Å². The van der Waals surface area contributed by atoms with Crippen molar-refractivity contribution >= 4 is 35.6 Å². The van der Waals surface area contributed by atoms with Gasteiger partial charge in [0.1, 0.15) is 5.75 Å². The zero-order valence-corrected chi connectivity index (χ0v) is 18.8. The number of hydrogen-bond acceptors (Lipinski definition) is 3. The Kier molecular flexibility index (Phi) is 7.04. The van der Waals surface area contributed by atoms with E-state index in [4.69, 9.17) is 4.74 Å². The Balaban J connectivity index is 0.00000225. The summed E-state index contributed by atoms with van der Waals surface area (Å²) >= 11 is 0. The van der Waals surface area contributed by atoms with Crippen molar-refractivity contribution in [2.24, 2.45) is 4.99 Å². The molecule has 4 rings (SSSR count). The predicted octanol–water partition coefficient (Wildman–Crippen LogP) is 3.61. The SMILES string of the molecule is CN=C(NC1CCN(c2ccccc2OC)C1)NC1CC1c1ccccc1.I. The minimum Gasteiger partial charge on any atom is -0.495 e. The van der Waals surface area contributed by atoms with E-state index in [1.54, 1.807) is 7.11 Å². The Hall–Kier alpha value is -1.96. The lowest BCUT2D eigenvalue weighted by molar-refractivity contribution is 0.415. The van der Waals surface area contributed by atoms with Crippen molar-refractivity contribution in [3.05, 3.63) is 60.2 Å². The number of guanidine groups is 1. The molecular formula is C22H29IN4O. The molecule has 28 heavy (non-hydrogen) atoms. The standard InChI is InChI=1S/C22H28N4O.HI/c1-23-22(25-19-14-18(19)16-8-4-3-5-9-16)24-17-12-13-26(15-17)20-10-6-7-11-21(20)27-2;/h3-11,17-19H,12-15H2,1-2H3,(H2,23,24,25);1H. The highest BCUT2D eigenvalue weighted by Gasteiger charge is 2.39. The lowest BCUT2D eigenvalue weighted by Gasteiger charge is -2.22. The molecule has 2 aromatic rings. The van der Waals surface area contributed by atoms with Crippen LogP contribution < -0.4 is 20.3 Å².